The molecular weight excluding hydrogens is 340 g/mol. The van der Waals surface area contributed by atoms with E-state index in [9.17, 15) is 9.90 Å². The first-order valence-electron chi connectivity index (χ1n) is 8.05. The van der Waals surface area contributed by atoms with Crippen LogP contribution in [-0.2, 0) is 12.8 Å². The van der Waals surface area contributed by atoms with Crippen molar-refractivity contribution in [2.45, 2.75) is 33.1 Å². The van der Waals surface area contributed by atoms with E-state index in [1.807, 2.05) is 6.92 Å². The van der Waals surface area contributed by atoms with Crippen LogP contribution in [0.2, 0.25) is 0 Å². The summed E-state index contributed by atoms with van der Waals surface area (Å²) >= 11 is 7.11. The van der Waals surface area contributed by atoms with Gasteiger partial charge in [-0.15, -0.1) is 11.3 Å². The minimum atomic E-state index is -0.0640. The highest BCUT2D eigenvalue weighted by Crippen LogP contribution is 2.35. The fourth-order valence-corrected chi connectivity index (χ4v) is 5.19. The van der Waals surface area contributed by atoms with Gasteiger partial charge in [0.25, 0.3) is 5.56 Å². The van der Waals surface area contributed by atoms with Crippen molar-refractivity contribution in [1.29, 1.82) is 0 Å². The van der Waals surface area contributed by atoms with E-state index >= 15 is 0 Å². The number of nitrogens with one attached hydrogen (secondary N) is 1. The number of hydrogen-bond donors (Lipinski definition) is 2. The van der Waals surface area contributed by atoms with Crippen LogP contribution in [-0.4, -0.2) is 14.7 Å². The van der Waals surface area contributed by atoms with Crippen LogP contribution in [0.25, 0.3) is 15.9 Å². The van der Waals surface area contributed by atoms with Gasteiger partial charge in [0.05, 0.1) is 11.1 Å². The fourth-order valence-electron chi connectivity index (χ4n) is 3.44. The minimum Gasteiger partial charge on any atom is -0.508 e. The molecule has 2 aromatic heterocycles. The highest BCUT2D eigenvalue weighted by molar-refractivity contribution is 7.71. The largest absolute Gasteiger partial charge is 0.508 e. The zero-order valence-electron chi connectivity index (χ0n) is 13.5. The molecule has 1 aliphatic rings. The standard InChI is InChI=1S/C18H18N2O2S2/c1-9-3-5-12-14(7-9)24-16-15(12)17(22)20(18(23)19-16)11-4-6-13(21)10(2)8-11/h4,6,8-9,21H,3,5,7H2,1-2H3,(H,19,23)/t9-/m1/s1. The van der Waals surface area contributed by atoms with Crippen molar-refractivity contribution >= 4 is 33.8 Å². The summed E-state index contributed by atoms with van der Waals surface area (Å²) in [7, 11) is 0. The summed E-state index contributed by atoms with van der Waals surface area (Å²) in [6, 6.07) is 5.11. The average molecular weight is 358 g/mol. The van der Waals surface area contributed by atoms with Crippen LogP contribution >= 0.6 is 23.6 Å². The number of aromatic amines is 1. The molecule has 0 aliphatic heterocycles. The lowest BCUT2D eigenvalue weighted by Gasteiger charge is -2.17. The Labute approximate surface area is 148 Å². The quantitative estimate of drug-likeness (QED) is 0.640. The topological polar surface area (TPSA) is 58.0 Å². The van der Waals surface area contributed by atoms with Gasteiger partial charge in [0.2, 0.25) is 0 Å². The van der Waals surface area contributed by atoms with Crippen molar-refractivity contribution in [3.8, 4) is 11.4 Å². The summed E-state index contributed by atoms with van der Waals surface area (Å²) in [4.78, 5) is 18.6. The first kappa shape index (κ1) is 15.6. The Balaban J connectivity index is 2.02. The van der Waals surface area contributed by atoms with Gasteiger partial charge in [-0.3, -0.25) is 9.36 Å². The Morgan fingerprint density at radius 1 is 1.42 bits per heavy atom. The van der Waals surface area contributed by atoms with E-state index in [-0.39, 0.29) is 11.3 Å². The van der Waals surface area contributed by atoms with Gasteiger partial charge in [0.1, 0.15) is 10.6 Å². The number of nitrogens with zero attached hydrogens (tertiary/aromatic N) is 1. The van der Waals surface area contributed by atoms with Crippen molar-refractivity contribution in [1.82, 2.24) is 9.55 Å². The van der Waals surface area contributed by atoms with Crippen LogP contribution in [0.4, 0.5) is 0 Å². The van der Waals surface area contributed by atoms with Crippen LogP contribution in [0.5, 0.6) is 5.75 Å². The van der Waals surface area contributed by atoms with Gasteiger partial charge in [0.15, 0.2) is 4.77 Å². The Morgan fingerprint density at radius 2 is 2.21 bits per heavy atom. The molecule has 0 spiro atoms. The zero-order valence-corrected chi connectivity index (χ0v) is 15.2. The summed E-state index contributed by atoms with van der Waals surface area (Å²) in [5, 5.41) is 10.5. The molecule has 1 aliphatic carbocycles. The lowest BCUT2D eigenvalue weighted by atomic mass is 9.89. The molecule has 2 N–H and O–H groups in total. The Bertz CT molecular complexity index is 1080. The summed E-state index contributed by atoms with van der Waals surface area (Å²) in [6.07, 6.45) is 3.10. The second kappa shape index (κ2) is 5.57. The monoisotopic (exact) mass is 358 g/mol. The molecule has 4 rings (SSSR count). The van der Waals surface area contributed by atoms with Gasteiger partial charge < -0.3 is 10.1 Å². The maximum atomic E-state index is 13.2. The second-order valence-electron chi connectivity index (χ2n) is 6.60. The molecule has 0 amide bonds. The number of aromatic hydroxyl groups is 1. The van der Waals surface area contributed by atoms with Crippen LogP contribution in [0.3, 0.4) is 0 Å². The van der Waals surface area contributed by atoms with Crippen molar-refractivity contribution in [2.75, 3.05) is 0 Å². The van der Waals surface area contributed by atoms with Gasteiger partial charge in [-0.1, -0.05) is 6.92 Å². The molecule has 24 heavy (non-hydrogen) atoms. The number of thiophene rings is 1. The highest BCUT2D eigenvalue weighted by atomic mass is 32.1. The molecular formula is C18H18N2O2S2. The number of aromatic nitrogens is 2. The van der Waals surface area contributed by atoms with Gasteiger partial charge in [-0.2, -0.15) is 0 Å². The van der Waals surface area contributed by atoms with Crippen molar-refractivity contribution < 1.29 is 5.11 Å². The molecule has 1 aromatic carbocycles. The van der Waals surface area contributed by atoms with Crippen molar-refractivity contribution in [2.24, 2.45) is 5.92 Å². The number of H-pyrrole nitrogens is 1. The van der Waals surface area contributed by atoms with Gasteiger partial charge in [0, 0.05) is 4.88 Å². The minimum absolute atomic E-state index is 0.0640. The third-order valence-electron chi connectivity index (χ3n) is 4.79. The molecule has 124 valence electrons. The van der Waals surface area contributed by atoms with E-state index in [0.717, 1.165) is 35.0 Å². The summed E-state index contributed by atoms with van der Waals surface area (Å²) in [5.41, 5.74) is 2.53. The van der Waals surface area contributed by atoms with Crippen LogP contribution in [0, 0.1) is 17.6 Å². The zero-order chi connectivity index (χ0) is 17.0. The van der Waals surface area contributed by atoms with Crippen LogP contribution in [0.15, 0.2) is 23.0 Å². The molecule has 0 fully saturated rings. The fraction of sp³-hybridized carbons (Fsp3) is 0.333. The highest BCUT2D eigenvalue weighted by Gasteiger charge is 2.23. The third-order valence-corrected chi connectivity index (χ3v) is 6.25. The number of benzene rings is 1. The van der Waals surface area contributed by atoms with E-state index in [2.05, 4.69) is 11.9 Å². The third kappa shape index (κ3) is 2.32. The molecule has 2 heterocycles. The number of phenolic OH excluding ortho intramolecular Hbond substituents is 1. The maximum absolute atomic E-state index is 13.2. The molecule has 1 atom stereocenters. The Hall–Kier alpha value is -1.92. The van der Waals surface area contributed by atoms with Crippen LogP contribution in [0.1, 0.15) is 29.3 Å². The smallest absolute Gasteiger partial charge is 0.267 e. The number of hydrogen-bond acceptors (Lipinski definition) is 4. The normalized spacial score (nSPS) is 17.2. The van der Waals surface area contributed by atoms with E-state index in [1.165, 1.54) is 15.0 Å². The van der Waals surface area contributed by atoms with E-state index < -0.39 is 0 Å². The second-order valence-corrected chi connectivity index (χ2v) is 8.09. The summed E-state index contributed by atoms with van der Waals surface area (Å²) in [5.74, 6) is 0.875. The molecule has 3 aromatic rings. The van der Waals surface area contributed by atoms with E-state index in [4.69, 9.17) is 12.2 Å². The predicted molar refractivity (Wildman–Crippen MR) is 100 cm³/mol. The molecule has 0 bridgehead atoms. The number of phenols is 1. The predicted octanol–water partition coefficient (Wildman–Crippen LogP) is 4.25. The first-order chi connectivity index (χ1) is 11.5. The van der Waals surface area contributed by atoms with E-state index in [1.54, 1.807) is 29.5 Å². The summed E-state index contributed by atoms with van der Waals surface area (Å²) < 4.78 is 1.93. The number of aryl methyl sites for hydroxylation is 2. The SMILES string of the molecule is Cc1cc(-n2c(=S)[nH]c3sc4c(c3c2=O)CC[C@@H](C)C4)ccc1O. The number of rotatable bonds is 1. The Morgan fingerprint density at radius 3 is 2.96 bits per heavy atom. The first-order valence-corrected chi connectivity index (χ1v) is 9.27. The summed E-state index contributed by atoms with van der Waals surface area (Å²) in [6.45, 7) is 4.07. The van der Waals surface area contributed by atoms with Gasteiger partial charge >= 0.3 is 0 Å². The average Bonchev–Trinajstić information content (AvgIpc) is 2.87. The molecule has 0 radical (unpaired) electrons. The van der Waals surface area contributed by atoms with Crippen LogP contribution < -0.4 is 5.56 Å². The molecule has 0 saturated heterocycles. The van der Waals surface area contributed by atoms with E-state index in [0.29, 0.717) is 16.4 Å². The number of fused-ring (bicyclic) bond motifs is 3. The van der Waals surface area contributed by atoms with Gasteiger partial charge in [-0.25, -0.2) is 0 Å². The molecule has 0 unspecified atom stereocenters. The molecule has 6 heteroatoms. The molecule has 4 nitrogen and oxygen atoms in total. The lowest BCUT2D eigenvalue weighted by molar-refractivity contribution is 0.471. The van der Waals surface area contributed by atoms with Gasteiger partial charge in [-0.05, 0) is 73.6 Å². The van der Waals surface area contributed by atoms with Crippen molar-refractivity contribution in [3.63, 3.8) is 0 Å². The maximum Gasteiger partial charge on any atom is 0.267 e. The van der Waals surface area contributed by atoms with Crippen molar-refractivity contribution in [3.05, 3.63) is 49.3 Å². The molecule has 0 saturated carbocycles. The lowest BCUT2D eigenvalue weighted by Crippen LogP contribution is -2.21. The Kier molecular flexibility index (Phi) is 3.62.